The van der Waals surface area contributed by atoms with E-state index in [0.717, 1.165) is 25.1 Å². The summed E-state index contributed by atoms with van der Waals surface area (Å²) in [6.07, 6.45) is 1.70. The van der Waals surface area contributed by atoms with Crippen LogP contribution in [0.2, 0.25) is 0 Å². The minimum absolute atomic E-state index is 0.253. The quantitative estimate of drug-likeness (QED) is 0.790. The van der Waals surface area contributed by atoms with Crippen LogP contribution in [0.15, 0.2) is 12.1 Å². The highest BCUT2D eigenvalue weighted by atomic mass is 16.4. The van der Waals surface area contributed by atoms with Gasteiger partial charge in [-0.05, 0) is 52.5 Å². The Morgan fingerprint density at radius 3 is 2.68 bits per heavy atom. The molecule has 0 bridgehead atoms. The topological polar surface area (TPSA) is 65.5 Å². The Balaban J connectivity index is 2.76. The molecule has 0 aliphatic rings. The third kappa shape index (κ3) is 5.26. The van der Waals surface area contributed by atoms with Gasteiger partial charge in [-0.15, -0.1) is 0 Å². The third-order valence-electron chi connectivity index (χ3n) is 2.89. The van der Waals surface area contributed by atoms with Crippen molar-refractivity contribution in [2.45, 2.75) is 32.7 Å². The summed E-state index contributed by atoms with van der Waals surface area (Å²) in [5.74, 6) is -0.274. The highest BCUT2D eigenvalue weighted by Gasteiger charge is 2.10. The second kappa shape index (κ2) is 7.09. The van der Waals surface area contributed by atoms with Crippen molar-refractivity contribution in [2.24, 2.45) is 0 Å². The maximum absolute atomic E-state index is 11.1. The van der Waals surface area contributed by atoms with Crippen LogP contribution < -0.4 is 5.32 Å². The molecule has 1 rings (SSSR count). The first-order valence-electron chi connectivity index (χ1n) is 6.58. The van der Waals surface area contributed by atoms with Crippen LogP contribution in [0.5, 0.6) is 0 Å². The Hall–Kier alpha value is -1.62. The minimum atomic E-state index is -0.916. The zero-order valence-corrected chi connectivity index (χ0v) is 12.1. The number of hydrogen-bond acceptors (Lipinski definition) is 4. The highest BCUT2D eigenvalue weighted by molar-refractivity contribution is 5.88. The van der Waals surface area contributed by atoms with Gasteiger partial charge in [0.2, 0.25) is 0 Å². The van der Waals surface area contributed by atoms with Crippen molar-refractivity contribution >= 4 is 11.8 Å². The molecule has 106 valence electrons. The van der Waals surface area contributed by atoms with Gasteiger partial charge in [-0.2, -0.15) is 0 Å². The van der Waals surface area contributed by atoms with E-state index in [2.05, 4.69) is 22.1 Å². The van der Waals surface area contributed by atoms with Gasteiger partial charge in [0.15, 0.2) is 0 Å². The lowest BCUT2D eigenvalue weighted by molar-refractivity contribution is 0.0696. The van der Waals surface area contributed by atoms with Gasteiger partial charge in [0.1, 0.15) is 5.82 Å². The van der Waals surface area contributed by atoms with E-state index in [4.69, 9.17) is 5.11 Å². The minimum Gasteiger partial charge on any atom is -0.478 e. The number of nitrogens with zero attached hydrogens (tertiary/aromatic N) is 2. The molecule has 1 atom stereocenters. The number of nitrogens with one attached hydrogen (secondary N) is 1. The molecular formula is C14H23N3O2. The van der Waals surface area contributed by atoms with Gasteiger partial charge in [0, 0.05) is 11.7 Å². The Morgan fingerprint density at radius 2 is 2.16 bits per heavy atom. The van der Waals surface area contributed by atoms with Gasteiger partial charge in [-0.25, -0.2) is 9.78 Å². The summed E-state index contributed by atoms with van der Waals surface area (Å²) < 4.78 is 0. The van der Waals surface area contributed by atoms with Crippen molar-refractivity contribution in [1.29, 1.82) is 0 Å². The molecule has 0 aliphatic carbocycles. The Labute approximate surface area is 114 Å². The van der Waals surface area contributed by atoms with E-state index in [9.17, 15) is 4.79 Å². The third-order valence-corrected chi connectivity index (χ3v) is 2.89. The number of aryl methyl sites for hydroxylation is 1. The molecule has 0 saturated heterocycles. The van der Waals surface area contributed by atoms with Crippen molar-refractivity contribution in [2.75, 3.05) is 26.0 Å². The second-order valence-corrected chi connectivity index (χ2v) is 5.03. The van der Waals surface area contributed by atoms with Crippen LogP contribution in [0.4, 0.5) is 5.82 Å². The number of aromatic nitrogens is 1. The van der Waals surface area contributed by atoms with Gasteiger partial charge >= 0.3 is 5.97 Å². The van der Waals surface area contributed by atoms with Gasteiger partial charge in [0.25, 0.3) is 0 Å². The summed E-state index contributed by atoms with van der Waals surface area (Å²) in [5.41, 5.74) is 1.08. The average molecular weight is 265 g/mol. The summed E-state index contributed by atoms with van der Waals surface area (Å²) in [7, 11) is 4.07. The van der Waals surface area contributed by atoms with Crippen LogP contribution in [0.25, 0.3) is 0 Å². The molecule has 0 fully saturated rings. The Bertz CT molecular complexity index is 433. The molecule has 0 radical (unpaired) electrons. The molecule has 5 nitrogen and oxygen atoms in total. The lowest BCUT2D eigenvalue weighted by Gasteiger charge is -2.18. The van der Waals surface area contributed by atoms with E-state index in [0.29, 0.717) is 5.82 Å². The van der Waals surface area contributed by atoms with Crippen LogP contribution >= 0.6 is 0 Å². The normalized spacial score (nSPS) is 12.5. The van der Waals surface area contributed by atoms with E-state index in [1.54, 1.807) is 12.1 Å². The molecule has 0 amide bonds. The average Bonchev–Trinajstić information content (AvgIpc) is 2.35. The molecular weight excluding hydrogens is 242 g/mol. The molecule has 5 heteroatoms. The smallest absolute Gasteiger partial charge is 0.335 e. The van der Waals surface area contributed by atoms with E-state index in [1.807, 2.05) is 21.0 Å². The summed E-state index contributed by atoms with van der Waals surface area (Å²) in [5, 5.41) is 12.3. The van der Waals surface area contributed by atoms with Crippen LogP contribution in [-0.4, -0.2) is 47.6 Å². The van der Waals surface area contributed by atoms with Gasteiger partial charge in [-0.1, -0.05) is 6.92 Å². The SMILES string of the molecule is CCc1cc(C(=O)O)cc(NC(C)CCN(C)C)n1. The molecule has 19 heavy (non-hydrogen) atoms. The van der Waals surface area contributed by atoms with E-state index in [1.165, 1.54) is 0 Å². The summed E-state index contributed by atoms with van der Waals surface area (Å²) in [6, 6.07) is 3.47. The largest absolute Gasteiger partial charge is 0.478 e. The Morgan fingerprint density at radius 1 is 1.47 bits per heavy atom. The fraction of sp³-hybridized carbons (Fsp3) is 0.571. The molecule has 1 unspecified atom stereocenters. The predicted octanol–water partition coefficient (Wildman–Crippen LogP) is 2.09. The number of carboxylic acid groups (broad SMARTS) is 1. The molecule has 0 aromatic carbocycles. The van der Waals surface area contributed by atoms with Crippen molar-refractivity contribution < 1.29 is 9.90 Å². The first-order chi connectivity index (χ1) is 8.92. The van der Waals surface area contributed by atoms with E-state index in [-0.39, 0.29) is 11.6 Å². The first-order valence-corrected chi connectivity index (χ1v) is 6.58. The number of carboxylic acids is 1. The molecule has 1 heterocycles. The van der Waals surface area contributed by atoms with Crippen LogP contribution in [0.3, 0.4) is 0 Å². The van der Waals surface area contributed by atoms with E-state index >= 15 is 0 Å². The van der Waals surface area contributed by atoms with Gasteiger partial charge in [0.05, 0.1) is 5.56 Å². The molecule has 0 spiro atoms. The number of carbonyl (C=O) groups is 1. The van der Waals surface area contributed by atoms with Crippen LogP contribution in [0, 0.1) is 0 Å². The van der Waals surface area contributed by atoms with Gasteiger partial charge < -0.3 is 15.3 Å². The number of aromatic carboxylic acids is 1. The second-order valence-electron chi connectivity index (χ2n) is 5.03. The molecule has 0 saturated carbocycles. The van der Waals surface area contributed by atoms with Crippen LogP contribution in [-0.2, 0) is 6.42 Å². The summed E-state index contributed by atoms with van der Waals surface area (Å²) >= 11 is 0. The zero-order chi connectivity index (χ0) is 14.4. The standard InChI is InChI=1S/C14H23N3O2/c1-5-12-8-11(14(18)19)9-13(16-12)15-10(2)6-7-17(3)4/h8-10H,5-7H2,1-4H3,(H,15,16)(H,18,19). The summed E-state index contributed by atoms with van der Waals surface area (Å²) in [4.78, 5) is 17.6. The predicted molar refractivity (Wildman–Crippen MR) is 76.8 cm³/mol. The fourth-order valence-electron chi connectivity index (χ4n) is 1.74. The lowest BCUT2D eigenvalue weighted by Crippen LogP contribution is -2.23. The fourth-order valence-corrected chi connectivity index (χ4v) is 1.74. The van der Waals surface area contributed by atoms with Crippen LogP contribution in [0.1, 0.15) is 36.3 Å². The lowest BCUT2D eigenvalue weighted by atomic mass is 10.2. The molecule has 2 N–H and O–H groups in total. The summed E-state index contributed by atoms with van der Waals surface area (Å²) in [6.45, 7) is 5.02. The van der Waals surface area contributed by atoms with E-state index < -0.39 is 5.97 Å². The number of hydrogen-bond donors (Lipinski definition) is 2. The van der Waals surface area contributed by atoms with Crippen molar-refractivity contribution in [3.05, 3.63) is 23.4 Å². The Kier molecular flexibility index (Phi) is 5.76. The maximum Gasteiger partial charge on any atom is 0.335 e. The van der Waals surface area contributed by atoms with Crippen molar-refractivity contribution in [1.82, 2.24) is 9.88 Å². The molecule has 1 aromatic heterocycles. The van der Waals surface area contributed by atoms with Gasteiger partial charge in [-0.3, -0.25) is 0 Å². The monoisotopic (exact) mass is 265 g/mol. The number of anilines is 1. The maximum atomic E-state index is 11.1. The number of pyridine rings is 1. The number of rotatable bonds is 7. The van der Waals surface area contributed by atoms with Crippen molar-refractivity contribution in [3.8, 4) is 0 Å². The van der Waals surface area contributed by atoms with Crippen molar-refractivity contribution in [3.63, 3.8) is 0 Å². The molecule has 1 aromatic rings. The molecule has 0 aliphatic heterocycles. The highest BCUT2D eigenvalue weighted by Crippen LogP contribution is 2.13. The zero-order valence-electron chi connectivity index (χ0n) is 12.1. The first kappa shape index (κ1) is 15.4.